The molecule has 4 nitrogen and oxygen atoms in total. The molecule has 1 aliphatic rings. The summed E-state index contributed by atoms with van der Waals surface area (Å²) in [5, 5.41) is 0. The topological polar surface area (TPSA) is 38.8 Å². The quantitative estimate of drug-likeness (QED) is 0.848. The van der Waals surface area contributed by atoms with Crippen LogP contribution in [-0.4, -0.2) is 43.2 Å². The zero-order chi connectivity index (χ0) is 14.5. The first kappa shape index (κ1) is 14.9. The van der Waals surface area contributed by atoms with Crippen molar-refractivity contribution in [1.82, 2.24) is 4.90 Å². The number of benzene rings is 1. The van der Waals surface area contributed by atoms with E-state index in [9.17, 15) is 4.79 Å². The van der Waals surface area contributed by atoms with Crippen molar-refractivity contribution in [3.63, 3.8) is 0 Å². The van der Waals surface area contributed by atoms with Crippen LogP contribution in [0.3, 0.4) is 0 Å². The van der Waals surface area contributed by atoms with Gasteiger partial charge in [-0.1, -0.05) is 13.0 Å². The van der Waals surface area contributed by atoms with Gasteiger partial charge in [-0.25, -0.2) is 0 Å². The summed E-state index contributed by atoms with van der Waals surface area (Å²) in [6, 6.07) is 5.94. The molecule has 0 spiro atoms. The molecule has 0 aromatic heterocycles. The summed E-state index contributed by atoms with van der Waals surface area (Å²) in [5.41, 5.74) is 2.40. The summed E-state index contributed by atoms with van der Waals surface area (Å²) in [4.78, 5) is 14.3. The molecule has 20 heavy (non-hydrogen) atoms. The Morgan fingerprint density at radius 1 is 1.30 bits per heavy atom. The number of hydrogen-bond acceptors (Lipinski definition) is 3. The second kappa shape index (κ2) is 6.75. The van der Waals surface area contributed by atoms with Crippen molar-refractivity contribution in [3.05, 3.63) is 29.3 Å². The van der Waals surface area contributed by atoms with Gasteiger partial charge < -0.3 is 14.4 Å². The molecule has 1 aromatic carbocycles. The molecule has 1 fully saturated rings. The van der Waals surface area contributed by atoms with E-state index in [1.165, 1.54) is 11.1 Å². The highest BCUT2D eigenvalue weighted by molar-refractivity contribution is 5.81. The van der Waals surface area contributed by atoms with Gasteiger partial charge >= 0.3 is 0 Å². The predicted octanol–water partition coefficient (Wildman–Crippen LogP) is 2.32. The fourth-order valence-corrected chi connectivity index (χ4v) is 2.25. The SMILES string of the molecule is CCC(Oc1ccc(C)c(C)c1)C(=O)N1CCOCC1. The monoisotopic (exact) mass is 277 g/mol. The van der Waals surface area contributed by atoms with Crippen molar-refractivity contribution >= 4 is 5.91 Å². The third-order valence-corrected chi connectivity index (χ3v) is 3.73. The Bertz CT molecular complexity index is 467. The number of nitrogens with zero attached hydrogens (tertiary/aromatic N) is 1. The van der Waals surface area contributed by atoms with Gasteiger partial charge in [0.05, 0.1) is 13.2 Å². The Morgan fingerprint density at radius 2 is 2.00 bits per heavy atom. The minimum Gasteiger partial charge on any atom is -0.481 e. The van der Waals surface area contributed by atoms with Gasteiger partial charge in [0, 0.05) is 13.1 Å². The molecule has 0 radical (unpaired) electrons. The molecule has 1 aliphatic heterocycles. The van der Waals surface area contributed by atoms with Crippen LogP contribution in [0.15, 0.2) is 18.2 Å². The molecule has 0 bridgehead atoms. The average molecular weight is 277 g/mol. The molecule has 2 rings (SSSR count). The summed E-state index contributed by atoms with van der Waals surface area (Å²) in [6.07, 6.45) is 0.263. The fourth-order valence-electron chi connectivity index (χ4n) is 2.25. The standard InChI is InChI=1S/C16H23NO3/c1-4-15(16(18)17-7-9-19-10-8-17)20-14-6-5-12(2)13(3)11-14/h5-6,11,15H,4,7-10H2,1-3H3. The first-order valence-electron chi connectivity index (χ1n) is 7.22. The molecule has 1 aromatic rings. The number of carbonyl (C=O) groups excluding carboxylic acids is 1. The molecule has 4 heteroatoms. The van der Waals surface area contributed by atoms with Gasteiger partial charge in [0.2, 0.25) is 0 Å². The van der Waals surface area contributed by atoms with Crippen LogP contribution in [-0.2, 0) is 9.53 Å². The molecular formula is C16H23NO3. The number of amides is 1. The zero-order valence-electron chi connectivity index (χ0n) is 12.5. The van der Waals surface area contributed by atoms with Crippen LogP contribution in [0.4, 0.5) is 0 Å². The largest absolute Gasteiger partial charge is 0.481 e. The van der Waals surface area contributed by atoms with E-state index in [0.717, 1.165) is 5.75 Å². The van der Waals surface area contributed by atoms with E-state index in [4.69, 9.17) is 9.47 Å². The van der Waals surface area contributed by atoms with E-state index < -0.39 is 6.10 Å². The first-order chi connectivity index (χ1) is 9.61. The van der Waals surface area contributed by atoms with Crippen molar-refractivity contribution in [1.29, 1.82) is 0 Å². The Hall–Kier alpha value is -1.55. The molecule has 1 unspecified atom stereocenters. The third-order valence-electron chi connectivity index (χ3n) is 3.73. The van der Waals surface area contributed by atoms with E-state index in [1.54, 1.807) is 0 Å². The van der Waals surface area contributed by atoms with Crippen LogP contribution in [0.1, 0.15) is 24.5 Å². The fraction of sp³-hybridized carbons (Fsp3) is 0.562. The zero-order valence-corrected chi connectivity index (χ0v) is 12.5. The van der Waals surface area contributed by atoms with E-state index in [-0.39, 0.29) is 5.91 Å². The Balaban J connectivity index is 2.03. The van der Waals surface area contributed by atoms with Crippen LogP contribution in [0.5, 0.6) is 5.75 Å². The first-order valence-corrected chi connectivity index (χ1v) is 7.22. The molecule has 1 saturated heterocycles. The van der Waals surface area contributed by atoms with Gasteiger partial charge in [0.1, 0.15) is 5.75 Å². The number of morpholine rings is 1. The highest BCUT2D eigenvalue weighted by Gasteiger charge is 2.26. The number of ether oxygens (including phenoxy) is 2. The van der Waals surface area contributed by atoms with Crippen molar-refractivity contribution in [2.24, 2.45) is 0 Å². The predicted molar refractivity (Wildman–Crippen MR) is 78.0 cm³/mol. The smallest absolute Gasteiger partial charge is 0.263 e. The van der Waals surface area contributed by atoms with E-state index in [2.05, 4.69) is 6.92 Å². The normalized spacial score (nSPS) is 16.9. The van der Waals surface area contributed by atoms with Gasteiger partial charge in [-0.05, 0) is 43.5 Å². The summed E-state index contributed by atoms with van der Waals surface area (Å²) < 4.78 is 11.2. The second-order valence-electron chi connectivity index (χ2n) is 5.20. The number of carbonyl (C=O) groups is 1. The average Bonchev–Trinajstić information content (AvgIpc) is 2.48. The van der Waals surface area contributed by atoms with E-state index in [1.807, 2.05) is 36.9 Å². The molecule has 1 amide bonds. The van der Waals surface area contributed by atoms with Crippen LogP contribution in [0.2, 0.25) is 0 Å². The lowest BCUT2D eigenvalue weighted by atomic mass is 10.1. The number of aryl methyl sites for hydroxylation is 2. The minimum atomic E-state index is -0.407. The lowest BCUT2D eigenvalue weighted by Crippen LogP contribution is -2.47. The van der Waals surface area contributed by atoms with Crippen molar-refractivity contribution < 1.29 is 14.3 Å². The third kappa shape index (κ3) is 3.51. The number of hydrogen-bond donors (Lipinski definition) is 0. The van der Waals surface area contributed by atoms with Crippen LogP contribution in [0.25, 0.3) is 0 Å². The molecule has 0 aliphatic carbocycles. The van der Waals surface area contributed by atoms with Crippen molar-refractivity contribution in [3.8, 4) is 5.75 Å². The summed E-state index contributed by atoms with van der Waals surface area (Å²) in [5.74, 6) is 0.829. The minimum absolute atomic E-state index is 0.0639. The molecule has 1 heterocycles. The molecule has 0 N–H and O–H groups in total. The van der Waals surface area contributed by atoms with Gasteiger partial charge in [-0.15, -0.1) is 0 Å². The summed E-state index contributed by atoms with van der Waals surface area (Å²) in [6.45, 7) is 8.64. The maximum Gasteiger partial charge on any atom is 0.263 e. The van der Waals surface area contributed by atoms with Gasteiger partial charge in [-0.2, -0.15) is 0 Å². The second-order valence-corrected chi connectivity index (χ2v) is 5.20. The molecular weight excluding hydrogens is 254 g/mol. The highest BCUT2D eigenvalue weighted by atomic mass is 16.5. The Labute approximate surface area is 120 Å². The van der Waals surface area contributed by atoms with E-state index >= 15 is 0 Å². The highest BCUT2D eigenvalue weighted by Crippen LogP contribution is 2.19. The molecule has 110 valence electrons. The van der Waals surface area contributed by atoms with Crippen molar-refractivity contribution in [2.45, 2.75) is 33.3 Å². The lowest BCUT2D eigenvalue weighted by molar-refractivity contribution is -0.142. The molecule has 0 saturated carbocycles. The molecule has 1 atom stereocenters. The Kier molecular flexibility index (Phi) is 5.01. The van der Waals surface area contributed by atoms with Crippen LogP contribution in [0, 0.1) is 13.8 Å². The lowest BCUT2D eigenvalue weighted by Gasteiger charge is -2.30. The van der Waals surface area contributed by atoms with Crippen LogP contribution < -0.4 is 4.74 Å². The van der Waals surface area contributed by atoms with Gasteiger partial charge in [0.25, 0.3) is 5.91 Å². The number of rotatable bonds is 4. The van der Waals surface area contributed by atoms with Crippen LogP contribution >= 0.6 is 0 Å². The van der Waals surface area contributed by atoms with Gasteiger partial charge in [-0.3, -0.25) is 4.79 Å². The van der Waals surface area contributed by atoms with Gasteiger partial charge in [0.15, 0.2) is 6.10 Å². The van der Waals surface area contributed by atoms with E-state index in [0.29, 0.717) is 32.7 Å². The maximum absolute atomic E-state index is 12.4. The summed E-state index contributed by atoms with van der Waals surface area (Å²) >= 11 is 0. The maximum atomic E-state index is 12.4. The Morgan fingerprint density at radius 3 is 2.60 bits per heavy atom. The van der Waals surface area contributed by atoms with Crippen molar-refractivity contribution in [2.75, 3.05) is 26.3 Å². The summed E-state index contributed by atoms with van der Waals surface area (Å²) in [7, 11) is 0.